The normalized spacial score (nSPS) is 11.0. The van der Waals surface area contributed by atoms with E-state index in [1.807, 2.05) is 6.92 Å². The Kier molecular flexibility index (Phi) is 4.30. The van der Waals surface area contributed by atoms with E-state index < -0.39 is 15.8 Å². The van der Waals surface area contributed by atoms with E-state index in [0.29, 0.717) is 4.47 Å². The smallest absolute Gasteiger partial charge is 0.263 e. The first kappa shape index (κ1) is 15.5. The van der Waals surface area contributed by atoms with E-state index in [-0.39, 0.29) is 16.1 Å². The third kappa shape index (κ3) is 3.40. The van der Waals surface area contributed by atoms with Crippen molar-refractivity contribution in [1.29, 1.82) is 5.26 Å². The number of hydrogen-bond donors (Lipinski definition) is 1. The molecule has 0 aromatic heterocycles. The largest absolute Gasteiger partial charge is 0.278 e. The predicted molar refractivity (Wildman–Crippen MR) is 80.8 cm³/mol. The average Bonchev–Trinajstić information content (AvgIpc) is 2.40. The Morgan fingerprint density at radius 1 is 1.24 bits per heavy atom. The van der Waals surface area contributed by atoms with Gasteiger partial charge in [-0.15, -0.1) is 0 Å². The number of hydrogen-bond acceptors (Lipinski definition) is 3. The van der Waals surface area contributed by atoms with Crippen molar-refractivity contribution in [2.45, 2.75) is 11.8 Å². The molecule has 2 aromatic carbocycles. The maximum Gasteiger partial charge on any atom is 0.263 e. The number of aryl methyl sites for hydroxylation is 1. The third-order valence-electron chi connectivity index (χ3n) is 2.72. The van der Waals surface area contributed by atoms with Gasteiger partial charge in [0.2, 0.25) is 0 Å². The second-order valence-corrected chi connectivity index (χ2v) is 6.85. The van der Waals surface area contributed by atoms with E-state index >= 15 is 0 Å². The molecular weight excluding hydrogens is 359 g/mol. The highest BCUT2D eigenvalue weighted by atomic mass is 79.9. The van der Waals surface area contributed by atoms with Gasteiger partial charge in [-0.1, -0.05) is 6.07 Å². The topological polar surface area (TPSA) is 70.0 Å². The first-order chi connectivity index (χ1) is 9.83. The molecule has 2 aromatic rings. The van der Waals surface area contributed by atoms with Crippen LogP contribution < -0.4 is 4.72 Å². The van der Waals surface area contributed by atoms with Gasteiger partial charge in [-0.3, -0.25) is 4.72 Å². The molecule has 4 nitrogen and oxygen atoms in total. The molecule has 1 N–H and O–H groups in total. The summed E-state index contributed by atoms with van der Waals surface area (Å²) in [5.41, 5.74) is 0.855. The molecule has 0 amide bonds. The average molecular weight is 369 g/mol. The van der Waals surface area contributed by atoms with E-state index in [2.05, 4.69) is 20.7 Å². The maximum atomic E-state index is 13.1. The summed E-state index contributed by atoms with van der Waals surface area (Å²) in [6.45, 7) is 1.84. The van der Waals surface area contributed by atoms with Gasteiger partial charge in [0.1, 0.15) is 16.8 Å². The van der Waals surface area contributed by atoms with Crippen molar-refractivity contribution in [3.8, 4) is 6.07 Å². The van der Waals surface area contributed by atoms with Crippen LogP contribution in [0.3, 0.4) is 0 Å². The molecule has 0 radical (unpaired) electrons. The van der Waals surface area contributed by atoms with Crippen LogP contribution >= 0.6 is 15.9 Å². The minimum absolute atomic E-state index is 0.0337. The number of sulfonamides is 1. The molecule has 0 spiro atoms. The zero-order chi connectivity index (χ0) is 15.6. The second-order valence-electron chi connectivity index (χ2n) is 4.34. The van der Waals surface area contributed by atoms with Crippen LogP contribution in [0.25, 0.3) is 0 Å². The molecule has 0 atom stereocenters. The van der Waals surface area contributed by atoms with Gasteiger partial charge >= 0.3 is 0 Å². The second kappa shape index (κ2) is 5.84. The van der Waals surface area contributed by atoms with Gasteiger partial charge in [-0.25, -0.2) is 12.8 Å². The van der Waals surface area contributed by atoms with Gasteiger partial charge in [0.25, 0.3) is 10.0 Å². The van der Waals surface area contributed by atoms with Crippen LogP contribution in [0.5, 0.6) is 0 Å². The quantitative estimate of drug-likeness (QED) is 0.899. The van der Waals surface area contributed by atoms with Crippen molar-refractivity contribution >= 4 is 31.6 Å². The van der Waals surface area contributed by atoms with Gasteiger partial charge in [0.15, 0.2) is 0 Å². The maximum absolute atomic E-state index is 13.1. The Labute approximate surface area is 130 Å². The van der Waals surface area contributed by atoms with Gasteiger partial charge in [-0.2, -0.15) is 5.26 Å². The Morgan fingerprint density at radius 2 is 1.95 bits per heavy atom. The van der Waals surface area contributed by atoms with Gasteiger partial charge in [0, 0.05) is 4.47 Å². The van der Waals surface area contributed by atoms with Crippen LogP contribution in [0.1, 0.15) is 11.1 Å². The van der Waals surface area contributed by atoms with Gasteiger partial charge < -0.3 is 0 Å². The number of benzene rings is 2. The van der Waals surface area contributed by atoms with Crippen LogP contribution in [0.4, 0.5) is 10.1 Å². The SMILES string of the molecule is Cc1ccc(S(=O)(=O)Nc2ccc(F)cc2C#N)c(Br)c1. The summed E-state index contributed by atoms with van der Waals surface area (Å²) in [5, 5.41) is 8.94. The molecule has 2 rings (SSSR count). The highest BCUT2D eigenvalue weighted by molar-refractivity contribution is 9.10. The minimum atomic E-state index is -3.88. The summed E-state index contributed by atoms with van der Waals surface area (Å²) >= 11 is 3.20. The Morgan fingerprint density at radius 3 is 2.57 bits per heavy atom. The van der Waals surface area contributed by atoms with E-state index in [1.165, 1.54) is 12.1 Å². The number of nitrogens with one attached hydrogen (secondary N) is 1. The lowest BCUT2D eigenvalue weighted by molar-refractivity contribution is 0.600. The fourth-order valence-corrected chi connectivity index (χ4v) is 3.99. The van der Waals surface area contributed by atoms with Crippen LogP contribution in [-0.2, 0) is 10.0 Å². The third-order valence-corrected chi connectivity index (χ3v) is 5.07. The van der Waals surface area contributed by atoms with Crippen LogP contribution in [-0.4, -0.2) is 8.42 Å². The van der Waals surface area contributed by atoms with Crippen LogP contribution in [0, 0.1) is 24.1 Å². The molecule has 0 aliphatic heterocycles. The lowest BCUT2D eigenvalue weighted by Crippen LogP contribution is -2.14. The van der Waals surface area contributed by atoms with Gasteiger partial charge in [0.05, 0.1) is 11.3 Å². The van der Waals surface area contributed by atoms with E-state index in [4.69, 9.17) is 5.26 Å². The molecule has 0 saturated carbocycles. The molecule has 0 aliphatic carbocycles. The number of nitrogens with zero attached hydrogens (tertiary/aromatic N) is 1. The monoisotopic (exact) mass is 368 g/mol. The first-order valence-corrected chi connectivity index (χ1v) is 8.10. The number of nitriles is 1. The van der Waals surface area contributed by atoms with Crippen molar-refractivity contribution in [1.82, 2.24) is 0 Å². The molecule has 0 fully saturated rings. The summed E-state index contributed by atoms with van der Waals surface area (Å²) in [5.74, 6) is -0.606. The van der Waals surface area contributed by atoms with Crippen LogP contribution in [0.2, 0.25) is 0 Å². The minimum Gasteiger partial charge on any atom is -0.278 e. The predicted octanol–water partition coefficient (Wildman–Crippen LogP) is 3.57. The molecule has 21 heavy (non-hydrogen) atoms. The zero-order valence-electron chi connectivity index (χ0n) is 10.9. The molecule has 0 heterocycles. The summed E-state index contributed by atoms with van der Waals surface area (Å²) in [7, 11) is -3.88. The van der Waals surface area contributed by atoms with E-state index in [9.17, 15) is 12.8 Å². The Balaban J connectivity index is 2.45. The number of halogens is 2. The summed E-state index contributed by atoms with van der Waals surface area (Å²) < 4.78 is 40.5. The Bertz CT molecular complexity index is 845. The van der Waals surface area contributed by atoms with Crippen molar-refractivity contribution < 1.29 is 12.8 Å². The molecule has 108 valence electrons. The fourth-order valence-electron chi connectivity index (χ4n) is 1.72. The van der Waals surface area contributed by atoms with Crippen molar-refractivity contribution in [3.63, 3.8) is 0 Å². The summed E-state index contributed by atoms with van der Waals surface area (Å²) in [6.07, 6.45) is 0. The van der Waals surface area contributed by atoms with Crippen molar-refractivity contribution in [3.05, 3.63) is 57.8 Å². The van der Waals surface area contributed by atoms with E-state index in [0.717, 1.165) is 17.7 Å². The van der Waals surface area contributed by atoms with E-state index in [1.54, 1.807) is 18.2 Å². The van der Waals surface area contributed by atoms with Crippen LogP contribution in [0.15, 0.2) is 45.8 Å². The summed E-state index contributed by atoms with van der Waals surface area (Å²) in [4.78, 5) is 0.0429. The molecule has 0 unspecified atom stereocenters. The zero-order valence-corrected chi connectivity index (χ0v) is 13.3. The molecule has 0 aliphatic rings. The standard InChI is InChI=1S/C14H10BrFN2O2S/c1-9-2-5-14(12(15)6-9)21(19,20)18-13-4-3-11(16)7-10(13)8-17/h2-7,18H,1H3. The summed E-state index contributed by atoms with van der Waals surface area (Å²) in [6, 6.07) is 9.82. The highest BCUT2D eigenvalue weighted by Crippen LogP contribution is 2.26. The number of rotatable bonds is 3. The Hall–Kier alpha value is -1.91. The molecule has 0 saturated heterocycles. The van der Waals surface area contributed by atoms with Crippen molar-refractivity contribution in [2.75, 3.05) is 4.72 Å². The fraction of sp³-hybridized carbons (Fsp3) is 0.0714. The van der Waals surface area contributed by atoms with Gasteiger partial charge in [-0.05, 0) is 58.7 Å². The lowest BCUT2D eigenvalue weighted by Gasteiger charge is -2.11. The van der Waals surface area contributed by atoms with Crippen molar-refractivity contribution in [2.24, 2.45) is 0 Å². The molecule has 0 bridgehead atoms. The highest BCUT2D eigenvalue weighted by Gasteiger charge is 2.19. The number of anilines is 1. The lowest BCUT2D eigenvalue weighted by atomic mass is 10.2. The molecular formula is C14H10BrFN2O2S. The first-order valence-electron chi connectivity index (χ1n) is 5.82. The molecule has 7 heteroatoms.